The lowest BCUT2D eigenvalue weighted by molar-refractivity contribution is -0.277. The summed E-state index contributed by atoms with van der Waals surface area (Å²) < 4.78 is 4.68. The molecule has 1 aliphatic rings. The van der Waals surface area contributed by atoms with Crippen molar-refractivity contribution in [3.8, 4) is 0 Å². The molecule has 0 amide bonds. The van der Waals surface area contributed by atoms with Gasteiger partial charge in [-0.1, -0.05) is 0 Å². The Morgan fingerprint density at radius 2 is 1.45 bits per heavy atom. The molecule has 0 bridgehead atoms. The molecule has 66 valence electrons. The predicted molar refractivity (Wildman–Crippen MR) is 34.6 cm³/mol. The first-order valence-corrected chi connectivity index (χ1v) is 3.41. The lowest BCUT2D eigenvalue weighted by Crippen LogP contribution is -2.56. The Hall–Kier alpha value is -0.200. The van der Waals surface area contributed by atoms with Gasteiger partial charge in [0, 0.05) is 0 Å². The van der Waals surface area contributed by atoms with Gasteiger partial charge in [-0.15, -0.1) is 0 Å². The fourth-order valence-electron chi connectivity index (χ4n) is 1.03. The van der Waals surface area contributed by atoms with Gasteiger partial charge in [0.05, 0.1) is 6.10 Å². The standard InChI is InChI=1S/C6H12O5/c1-2-3(7)4(8)5(9)6(10)11-2/h2-10H,1H3/t2?,3-,4-,5+,6+/m1/s1. The van der Waals surface area contributed by atoms with Crippen LogP contribution in [-0.2, 0) is 4.74 Å². The topological polar surface area (TPSA) is 90.2 Å². The van der Waals surface area contributed by atoms with Crippen molar-refractivity contribution in [2.24, 2.45) is 0 Å². The third-order valence-electron chi connectivity index (χ3n) is 1.83. The van der Waals surface area contributed by atoms with Crippen LogP contribution in [-0.4, -0.2) is 51.1 Å². The van der Waals surface area contributed by atoms with Crippen molar-refractivity contribution in [1.82, 2.24) is 0 Å². The van der Waals surface area contributed by atoms with Crippen LogP contribution < -0.4 is 0 Å². The Morgan fingerprint density at radius 1 is 0.909 bits per heavy atom. The van der Waals surface area contributed by atoms with E-state index in [-0.39, 0.29) is 0 Å². The van der Waals surface area contributed by atoms with Crippen LogP contribution in [0.1, 0.15) is 6.92 Å². The fourth-order valence-corrected chi connectivity index (χ4v) is 1.03. The van der Waals surface area contributed by atoms with Crippen molar-refractivity contribution < 1.29 is 25.2 Å². The number of aliphatic hydroxyl groups is 4. The van der Waals surface area contributed by atoms with Gasteiger partial charge < -0.3 is 25.2 Å². The summed E-state index contributed by atoms with van der Waals surface area (Å²) in [7, 11) is 0. The molecule has 1 unspecified atom stereocenters. The van der Waals surface area contributed by atoms with E-state index < -0.39 is 30.7 Å². The maximum absolute atomic E-state index is 9.09. The van der Waals surface area contributed by atoms with Gasteiger partial charge in [0.15, 0.2) is 6.29 Å². The quantitative estimate of drug-likeness (QED) is 0.326. The summed E-state index contributed by atoms with van der Waals surface area (Å²) in [5.41, 5.74) is 0. The highest BCUT2D eigenvalue weighted by atomic mass is 16.6. The van der Waals surface area contributed by atoms with Crippen molar-refractivity contribution in [2.75, 3.05) is 0 Å². The van der Waals surface area contributed by atoms with Crippen LogP contribution in [0.3, 0.4) is 0 Å². The molecule has 1 heterocycles. The van der Waals surface area contributed by atoms with Crippen LogP contribution in [0.4, 0.5) is 0 Å². The van der Waals surface area contributed by atoms with Crippen LogP contribution in [0.5, 0.6) is 0 Å². The second-order valence-electron chi connectivity index (χ2n) is 2.70. The molecule has 0 aromatic rings. The zero-order chi connectivity index (χ0) is 8.59. The van der Waals surface area contributed by atoms with E-state index in [1.54, 1.807) is 0 Å². The molecule has 0 aliphatic carbocycles. The lowest BCUT2D eigenvalue weighted by Gasteiger charge is -2.36. The minimum atomic E-state index is -1.43. The van der Waals surface area contributed by atoms with Crippen molar-refractivity contribution in [2.45, 2.75) is 37.6 Å². The van der Waals surface area contributed by atoms with Crippen LogP contribution in [0.2, 0.25) is 0 Å². The number of rotatable bonds is 0. The van der Waals surface area contributed by atoms with Gasteiger partial charge in [-0.3, -0.25) is 0 Å². The molecule has 0 aromatic carbocycles. The second-order valence-corrected chi connectivity index (χ2v) is 2.70. The summed E-state index contributed by atoms with van der Waals surface area (Å²) in [4.78, 5) is 0. The Kier molecular flexibility index (Phi) is 2.46. The minimum Gasteiger partial charge on any atom is -0.388 e. The van der Waals surface area contributed by atoms with Crippen LogP contribution >= 0.6 is 0 Å². The lowest BCUT2D eigenvalue weighted by atomic mass is 10.0. The molecule has 1 saturated heterocycles. The molecule has 0 spiro atoms. The molecule has 11 heavy (non-hydrogen) atoms. The van der Waals surface area contributed by atoms with E-state index in [1.165, 1.54) is 6.92 Å². The molecule has 5 nitrogen and oxygen atoms in total. The average Bonchev–Trinajstić information content (AvgIpc) is 1.97. The van der Waals surface area contributed by atoms with Gasteiger partial charge in [-0.2, -0.15) is 0 Å². The molecule has 0 radical (unpaired) electrons. The van der Waals surface area contributed by atoms with Gasteiger partial charge >= 0.3 is 0 Å². The van der Waals surface area contributed by atoms with Crippen molar-refractivity contribution in [3.63, 3.8) is 0 Å². The smallest absolute Gasteiger partial charge is 0.183 e. The van der Waals surface area contributed by atoms with E-state index in [1.807, 2.05) is 0 Å². The zero-order valence-electron chi connectivity index (χ0n) is 6.08. The van der Waals surface area contributed by atoms with Gasteiger partial charge in [0.25, 0.3) is 0 Å². The zero-order valence-corrected chi connectivity index (χ0v) is 6.08. The summed E-state index contributed by atoms with van der Waals surface area (Å²) in [6.45, 7) is 1.50. The van der Waals surface area contributed by atoms with Crippen molar-refractivity contribution >= 4 is 0 Å². The van der Waals surface area contributed by atoms with Crippen LogP contribution in [0.15, 0.2) is 0 Å². The van der Waals surface area contributed by atoms with Gasteiger partial charge in [0.2, 0.25) is 0 Å². The van der Waals surface area contributed by atoms with Gasteiger partial charge in [0.1, 0.15) is 18.3 Å². The summed E-state index contributed by atoms with van der Waals surface area (Å²) in [6, 6.07) is 0. The third kappa shape index (κ3) is 1.52. The summed E-state index contributed by atoms with van der Waals surface area (Å²) in [5.74, 6) is 0. The van der Waals surface area contributed by atoms with E-state index in [0.717, 1.165) is 0 Å². The Labute approximate surface area is 63.8 Å². The molecule has 5 heteroatoms. The summed E-state index contributed by atoms with van der Waals surface area (Å²) in [6.07, 6.45) is -5.99. The maximum Gasteiger partial charge on any atom is 0.183 e. The first kappa shape index (κ1) is 8.89. The van der Waals surface area contributed by atoms with E-state index in [0.29, 0.717) is 0 Å². The van der Waals surface area contributed by atoms with E-state index in [2.05, 4.69) is 4.74 Å². The van der Waals surface area contributed by atoms with E-state index in [9.17, 15) is 0 Å². The van der Waals surface area contributed by atoms with Crippen LogP contribution in [0.25, 0.3) is 0 Å². The molecule has 1 fully saturated rings. The third-order valence-corrected chi connectivity index (χ3v) is 1.83. The van der Waals surface area contributed by atoms with Crippen molar-refractivity contribution in [1.29, 1.82) is 0 Å². The second kappa shape index (κ2) is 3.04. The Bertz CT molecular complexity index is 125. The first-order valence-electron chi connectivity index (χ1n) is 3.41. The summed E-state index contributed by atoms with van der Waals surface area (Å²) in [5, 5.41) is 36.0. The minimum absolute atomic E-state index is 0.664. The molecular formula is C6H12O5. The highest BCUT2D eigenvalue weighted by molar-refractivity contribution is 4.86. The monoisotopic (exact) mass is 164 g/mol. The molecule has 0 aromatic heterocycles. The first-order chi connectivity index (χ1) is 5.04. The Balaban J connectivity index is 2.63. The Morgan fingerprint density at radius 3 is 2.00 bits per heavy atom. The van der Waals surface area contributed by atoms with Gasteiger partial charge in [-0.05, 0) is 6.92 Å². The normalized spacial score (nSPS) is 52.6. The predicted octanol–water partition coefficient (Wildman–Crippen LogP) is -2.19. The average molecular weight is 164 g/mol. The van der Waals surface area contributed by atoms with Gasteiger partial charge in [-0.25, -0.2) is 0 Å². The highest BCUT2D eigenvalue weighted by Gasteiger charge is 2.40. The molecule has 4 N–H and O–H groups in total. The molecule has 1 rings (SSSR count). The van der Waals surface area contributed by atoms with Crippen LogP contribution in [0, 0.1) is 0 Å². The van der Waals surface area contributed by atoms with E-state index >= 15 is 0 Å². The molecule has 5 atom stereocenters. The largest absolute Gasteiger partial charge is 0.388 e. The number of hydrogen-bond donors (Lipinski definition) is 4. The fraction of sp³-hybridized carbons (Fsp3) is 1.00. The SMILES string of the molecule is CC1O[C@H](O)[C@@H](O)[C@H](O)[C@@H]1O. The highest BCUT2D eigenvalue weighted by Crippen LogP contribution is 2.18. The molecular weight excluding hydrogens is 152 g/mol. The summed E-state index contributed by atoms with van der Waals surface area (Å²) >= 11 is 0. The number of ether oxygens (including phenoxy) is 1. The maximum atomic E-state index is 9.09. The number of hydrogen-bond acceptors (Lipinski definition) is 5. The van der Waals surface area contributed by atoms with Crippen molar-refractivity contribution in [3.05, 3.63) is 0 Å². The number of aliphatic hydroxyl groups excluding tert-OH is 4. The molecule has 0 saturated carbocycles. The molecule has 1 aliphatic heterocycles. The van der Waals surface area contributed by atoms with E-state index in [4.69, 9.17) is 20.4 Å².